The molecule has 5 heteroatoms. The average Bonchev–Trinajstić information content (AvgIpc) is 2.75. The van der Waals surface area contributed by atoms with Crippen molar-refractivity contribution in [3.63, 3.8) is 0 Å². The van der Waals surface area contributed by atoms with Crippen molar-refractivity contribution in [1.29, 1.82) is 0 Å². The topological polar surface area (TPSA) is 41.7 Å². The second kappa shape index (κ2) is 9.73. The number of benzene rings is 2. The lowest BCUT2D eigenvalue weighted by atomic mass is 9.93. The van der Waals surface area contributed by atoms with Gasteiger partial charge < -0.3 is 15.4 Å². The molecule has 2 aromatic rings. The standard InChI is InChI=1S/C26H34FN3O/c1-19-16-22-4-3-12-30(26(22)25(28)17-19)20(2)18-29-13-9-21(10-14-29)11-15-31-24-7-5-23(27)6-8-24/h5-8,16-17,21H,2-4,9-15,18,28H2,1H3. The molecule has 0 spiro atoms. The monoisotopic (exact) mass is 423 g/mol. The highest BCUT2D eigenvalue weighted by Gasteiger charge is 2.25. The number of hydrogen-bond donors (Lipinski definition) is 1. The number of rotatable bonds is 7. The van der Waals surface area contributed by atoms with E-state index >= 15 is 0 Å². The lowest BCUT2D eigenvalue weighted by Crippen LogP contribution is -2.40. The maximum atomic E-state index is 13.0. The summed E-state index contributed by atoms with van der Waals surface area (Å²) >= 11 is 0. The number of piperidine rings is 1. The molecule has 0 amide bonds. The van der Waals surface area contributed by atoms with Crippen molar-refractivity contribution in [1.82, 2.24) is 4.90 Å². The molecule has 2 aromatic carbocycles. The van der Waals surface area contributed by atoms with Crippen LogP contribution in [0, 0.1) is 18.7 Å². The molecule has 0 atom stereocenters. The van der Waals surface area contributed by atoms with Gasteiger partial charge >= 0.3 is 0 Å². The first kappa shape index (κ1) is 21.7. The molecule has 166 valence electrons. The summed E-state index contributed by atoms with van der Waals surface area (Å²) in [5.41, 5.74) is 12.2. The van der Waals surface area contributed by atoms with Crippen molar-refractivity contribution in [2.75, 3.05) is 43.4 Å². The zero-order valence-electron chi connectivity index (χ0n) is 18.6. The third-order valence-electron chi connectivity index (χ3n) is 6.56. The maximum Gasteiger partial charge on any atom is 0.123 e. The molecule has 31 heavy (non-hydrogen) atoms. The van der Waals surface area contributed by atoms with Crippen LogP contribution in [0.25, 0.3) is 0 Å². The molecule has 4 nitrogen and oxygen atoms in total. The van der Waals surface area contributed by atoms with Gasteiger partial charge in [0, 0.05) is 18.8 Å². The van der Waals surface area contributed by atoms with Crippen LogP contribution in [-0.4, -0.2) is 37.7 Å². The van der Waals surface area contributed by atoms with Crippen LogP contribution in [0.5, 0.6) is 5.75 Å². The van der Waals surface area contributed by atoms with Crippen LogP contribution in [0.15, 0.2) is 48.7 Å². The number of fused-ring (bicyclic) bond motifs is 1. The molecule has 0 aromatic heterocycles. The number of anilines is 2. The Morgan fingerprint density at radius 3 is 2.65 bits per heavy atom. The fourth-order valence-electron chi connectivity index (χ4n) is 4.91. The number of hydrogen-bond acceptors (Lipinski definition) is 4. The number of likely N-dealkylation sites (tertiary alicyclic amines) is 1. The van der Waals surface area contributed by atoms with E-state index in [1.54, 1.807) is 12.1 Å². The van der Waals surface area contributed by atoms with Gasteiger partial charge in [0.1, 0.15) is 11.6 Å². The second-order valence-electron chi connectivity index (χ2n) is 8.99. The molecule has 2 aliphatic rings. The summed E-state index contributed by atoms with van der Waals surface area (Å²) in [6.45, 7) is 11.3. The van der Waals surface area contributed by atoms with Crippen molar-refractivity contribution < 1.29 is 9.13 Å². The van der Waals surface area contributed by atoms with Gasteiger partial charge in [0.05, 0.1) is 18.0 Å². The molecule has 2 N–H and O–H groups in total. The van der Waals surface area contributed by atoms with E-state index in [4.69, 9.17) is 10.5 Å². The highest BCUT2D eigenvalue weighted by atomic mass is 19.1. The second-order valence-corrected chi connectivity index (χ2v) is 8.99. The van der Waals surface area contributed by atoms with Gasteiger partial charge in [-0.1, -0.05) is 12.6 Å². The van der Waals surface area contributed by atoms with E-state index in [1.165, 1.54) is 41.8 Å². The number of halogens is 1. The quantitative estimate of drug-likeness (QED) is 0.625. The third kappa shape index (κ3) is 5.40. The summed E-state index contributed by atoms with van der Waals surface area (Å²) in [5, 5.41) is 0. The van der Waals surface area contributed by atoms with Gasteiger partial charge in [-0.05, 0) is 99.5 Å². The van der Waals surface area contributed by atoms with Gasteiger partial charge in [0.2, 0.25) is 0 Å². The molecule has 0 radical (unpaired) electrons. The largest absolute Gasteiger partial charge is 0.494 e. The molecular weight excluding hydrogens is 389 g/mol. The fourth-order valence-corrected chi connectivity index (χ4v) is 4.91. The Morgan fingerprint density at radius 1 is 1.16 bits per heavy atom. The molecule has 4 rings (SSSR count). The Balaban J connectivity index is 1.24. The minimum absolute atomic E-state index is 0.229. The minimum atomic E-state index is -0.229. The van der Waals surface area contributed by atoms with E-state index in [0.717, 1.165) is 62.6 Å². The van der Waals surface area contributed by atoms with Crippen LogP contribution in [0.2, 0.25) is 0 Å². The van der Waals surface area contributed by atoms with E-state index in [-0.39, 0.29) is 5.82 Å². The summed E-state index contributed by atoms with van der Waals surface area (Å²) in [4.78, 5) is 4.86. The molecule has 0 unspecified atom stereocenters. The molecule has 0 aliphatic carbocycles. The summed E-state index contributed by atoms with van der Waals surface area (Å²) in [6, 6.07) is 10.6. The Morgan fingerprint density at radius 2 is 1.90 bits per heavy atom. The zero-order valence-corrected chi connectivity index (χ0v) is 18.6. The van der Waals surface area contributed by atoms with Crippen molar-refractivity contribution in [3.05, 3.63) is 65.6 Å². The number of nitrogens with two attached hydrogens (primary N) is 1. The van der Waals surface area contributed by atoms with Gasteiger partial charge in [-0.2, -0.15) is 0 Å². The first-order valence-electron chi connectivity index (χ1n) is 11.4. The van der Waals surface area contributed by atoms with E-state index in [9.17, 15) is 4.39 Å². The van der Waals surface area contributed by atoms with Gasteiger partial charge in [0.15, 0.2) is 0 Å². The van der Waals surface area contributed by atoms with E-state index in [1.807, 2.05) is 0 Å². The summed E-state index contributed by atoms with van der Waals surface area (Å²) in [7, 11) is 0. The predicted molar refractivity (Wildman–Crippen MR) is 126 cm³/mol. The van der Waals surface area contributed by atoms with Crippen LogP contribution < -0.4 is 15.4 Å². The van der Waals surface area contributed by atoms with Crippen molar-refractivity contribution >= 4 is 11.4 Å². The Hall–Kier alpha value is -2.53. The average molecular weight is 424 g/mol. The molecule has 0 saturated carbocycles. The summed E-state index contributed by atoms with van der Waals surface area (Å²) in [5.74, 6) is 1.19. The maximum absolute atomic E-state index is 13.0. The van der Waals surface area contributed by atoms with Crippen molar-refractivity contribution in [2.45, 2.75) is 39.0 Å². The van der Waals surface area contributed by atoms with Crippen LogP contribution in [0.1, 0.15) is 36.8 Å². The van der Waals surface area contributed by atoms with E-state index in [0.29, 0.717) is 12.5 Å². The van der Waals surface area contributed by atoms with Gasteiger partial charge in [0.25, 0.3) is 0 Å². The minimum Gasteiger partial charge on any atom is -0.494 e. The first-order valence-corrected chi connectivity index (χ1v) is 11.4. The fraction of sp³-hybridized carbons (Fsp3) is 0.462. The lowest BCUT2D eigenvalue weighted by molar-refractivity contribution is 0.172. The molecule has 0 bridgehead atoms. The van der Waals surface area contributed by atoms with Crippen LogP contribution >= 0.6 is 0 Å². The predicted octanol–water partition coefficient (Wildman–Crippen LogP) is 5.16. The van der Waals surface area contributed by atoms with Crippen molar-refractivity contribution in [3.8, 4) is 5.75 Å². The number of aryl methyl sites for hydroxylation is 2. The van der Waals surface area contributed by atoms with Crippen LogP contribution in [-0.2, 0) is 6.42 Å². The Labute approximate surface area is 185 Å². The highest BCUT2D eigenvalue weighted by Crippen LogP contribution is 2.36. The van der Waals surface area contributed by atoms with Crippen LogP contribution in [0.3, 0.4) is 0 Å². The molecule has 2 heterocycles. The van der Waals surface area contributed by atoms with Gasteiger partial charge in [-0.15, -0.1) is 0 Å². The summed E-state index contributed by atoms with van der Waals surface area (Å²) in [6.07, 6.45) is 5.64. The van der Waals surface area contributed by atoms with E-state index in [2.05, 4.69) is 35.4 Å². The summed E-state index contributed by atoms with van der Waals surface area (Å²) < 4.78 is 18.8. The highest BCUT2D eigenvalue weighted by molar-refractivity contribution is 5.75. The Kier molecular flexibility index (Phi) is 6.81. The van der Waals surface area contributed by atoms with Crippen LogP contribution in [0.4, 0.5) is 15.8 Å². The number of nitrogens with zero attached hydrogens (tertiary/aromatic N) is 2. The zero-order chi connectivity index (χ0) is 21.8. The molecular formula is C26H34FN3O. The molecule has 1 saturated heterocycles. The SMILES string of the molecule is C=C(CN1CCC(CCOc2ccc(F)cc2)CC1)N1CCCc2cc(C)cc(N)c21. The number of nitrogen functional groups attached to an aromatic ring is 1. The first-order chi connectivity index (χ1) is 15.0. The normalized spacial score (nSPS) is 17.4. The molecule has 1 fully saturated rings. The number of ether oxygens (including phenoxy) is 1. The van der Waals surface area contributed by atoms with Crippen molar-refractivity contribution in [2.24, 2.45) is 5.92 Å². The Bertz CT molecular complexity index is 904. The third-order valence-corrected chi connectivity index (χ3v) is 6.56. The van der Waals surface area contributed by atoms with Gasteiger partial charge in [-0.25, -0.2) is 4.39 Å². The lowest BCUT2D eigenvalue weighted by Gasteiger charge is -2.38. The van der Waals surface area contributed by atoms with Gasteiger partial charge in [-0.3, -0.25) is 4.90 Å². The smallest absolute Gasteiger partial charge is 0.123 e. The van der Waals surface area contributed by atoms with E-state index < -0.39 is 0 Å². The molecule has 2 aliphatic heterocycles.